The summed E-state index contributed by atoms with van der Waals surface area (Å²) in [6.07, 6.45) is 2.04. The fourth-order valence-corrected chi connectivity index (χ4v) is 3.92. The molecule has 1 saturated carbocycles. The summed E-state index contributed by atoms with van der Waals surface area (Å²) in [6, 6.07) is 7.75. The number of ether oxygens (including phenoxy) is 1. The SMILES string of the molecule is CCOC1CC(N)(C(=O)NCc2cccc(N3CCCC3=O)c2)C1(C)C. The molecular formula is C20H29N3O3. The number of nitrogens with two attached hydrogens (primary N) is 1. The van der Waals surface area contributed by atoms with Gasteiger partial charge in [0.05, 0.1) is 6.10 Å². The van der Waals surface area contributed by atoms with Crippen LogP contribution in [0.1, 0.15) is 45.6 Å². The maximum atomic E-state index is 12.7. The number of carbonyl (C=O) groups is 2. The van der Waals surface area contributed by atoms with Crippen LogP contribution in [0.3, 0.4) is 0 Å². The average molecular weight is 359 g/mol. The third-order valence-corrected chi connectivity index (χ3v) is 5.98. The summed E-state index contributed by atoms with van der Waals surface area (Å²) in [5.74, 6) is 0.00591. The Kier molecular flexibility index (Phi) is 5.08. The second-order valence-electron chi connectivity index (χ2n) is 7.84. The molecule has 1 aromatic carbocycles. The van der Waals surface area contributed by atoms with Gasteiger partial charge in [0.25, 0.3) is 0 Å². The van der Waals surface area contributed by atoms with Crippen LogP contribution < -0.4 is 16.0 Å². The van der Waals surface area contributed by atoms with E-state index in [2.05, 4.69) is 5.32 Å². The van der Waals surface area contributed by atoms with Gasteiger partial charge >= 0.3 is 0 Å². The van der Waals surface area contributed by atoms with Crippen molar-refractivity contribution in [3.8, 4) is 0 Å². The highest BCUT2D eigenvalue weighted by atomic mass is 16.5. The summed E-state index contributed by atoms with van der Waals surface area (Å²) >= 11 is 0. The Labute approximate surface area is 155 Å². The van der Waals surface area contributed by atoms with Gasteiger partial charge in [0, 0.05) is 43.6 Å². The van der Waals surface area contributed by atoms with E-state index in [4.69, 9.17) is 10.5 Å². The Morgan fingerprint density at radius 1 is 1.42 bits per heavy atom. The lowest BCUT2D eigenvalue weighted by Crippen LogP contribution is -2.75. The summed E-state index contributed by atoms with van der Waals surface area (Å²) in [7, 11) is 0. The number of carbonyl (C=O) groups excluding carboxylic acids is 2. The van der Waals surface area contributed by atoms with Crippen LogP contribution in [0.25, 0.3) is 0 Å². The third-order valence-electron chi connectivity index (χ3n) is 5.98. The molecule has 1 aliphatic heterocycles. The summed E-state index contributed by atoms with van der Waals surface area (Å²) in [4.78, 5) is 26.4. The molecule has 26 heavy (non-hydrogen) atoms. The zero-order chi connectivity index (χ0) is 18.9. The molecule has 0 spiro atoms. The number of anilines is 1. The molecule has 1 saturated heterocycles. The molecule has 2 atom stereocenters. The Morgan fingerprint density at radius 2 is 2.19 bits per heavy atom. The van der Waals surface area contributed by atoms with Crippen LogP contribution in [0.4, 0.5) is 5.69 Å². The summed E-state index contributed by atoms with van der Waals surface area (Å²) in [5, 5.41) is 2.97. The summed E-state index contributed by atoms with van der Waals surface area (Å²) < 4.78 is 5.69. The van der Waals surface area contributed by atoms with Gasteiger partial charge in [-0.05, 0) is 31.0 Å². The van der Waals surface area contributed by atoms with E-state index in [0.717, 1.165) is 24.2 Å². The van der Waals surface area contributed by atoms with E-state index in [1.165, 1.54) is 0 Å². The molecule has 2 aliphatic rings. The molecule has 0 bridgehead atoms. The van der Waals surface area contributed by atoms with Crippen molar-refractivity contribution < 1.29 is 14.3 Å². The smallest absolute Gasteiger partial charge is 0.241 e. The standard InChI is InChI=1S/C20H29N3O3/c1-4-26-16-12-20(21,19(16,2)3)18(25)22-13-14-7-5-8-15(11-14)23-10-6-9-17(23)24/h5,7-8,11,16H,4,6,9-10,12-13,21H2,1-3H3,(H,22,25). The highest BCUT2D eigenvalue weighted by Gasteiger charge is 2.62. The highest BCUT2D eigenvalue weighted by Crippen LogP contribution is 2.49. The van der Waals surface area contributed by atoms with Gasteiger partial charge in [0.15, 0.2) is 0 Å². The molecule has 0 aromatic heterocycles. The first-order chi connectivity index (χ1) is 12.3. The van der Waals surface area contributed by atoms with Gasteiger partial charge in [-0.1, -0.05) is 26.0 Å². The van der Waals surface area contributed by atoms with E-state index >= 15 is 0 Å². The molecule has 3 N–H and O–H groups in total. The largest absolute Gasteiger partial charge is 0.378 e. The quantitative estimate of drug-likeness (QED) is 0.813. The molecule has 0 radical (unpaired) electrons. The minimum absolute atomic E-state index is 0.00718. The maximum absolute atomic E-state index is 12.7. The predicted octanol–water partition coefficient (Wildman–Crippen LogP) is 1.96. The highest BCUT2D eigenvalue weighted by molar-refractivity contribution is 5.95. The Hall–Kier alpha value is -1.92. The molecule has 1 heterocycles. The first kappa shape index (κ1) is 18.9. The van der Waals surface area contributed by atoms with Gasteiger partial charge in [0.2, 0.25) is 11.8 Å². The Balaban J connectivity index is 1.63. The number of amides is 2. The van der Waals surface area contributed by atoms with Crippen LogP contribution in [-0.4, -0.2) is 36.6 Å². The lowest BCUT2D eigenvalue weighted by molar-refractivity contribution is -0.170. The minimum atomic E-state index is -0.921. The van der Waals surface area contributed by atoms with Crippen LogP contribution in [-0.2, 0) is 20.9 Å². The monoisotopic (exact) mass is 359 g/mol. The van der Waals surface area contributed by atoms with Gasteiger partial charge in [-0.3, -0.25) is 9.59 Å². The topological polar surface area (TPSA) is 84.7 Å². The molecule has 142 valence electrons. The second kappa shape index (κ2) is 7.00. The van der Waals surface area contributed by atoms with Gasteiger partial charge in [-0.15, -0.1) is 0 Å². The van der Waals surface area contributed by atoms with Gasteiger partial charge < -0.3 is 20.7 Å². The maximum Gasteiger partial charge on any atom is 0.241 e. The fraction of sp³-hybridized carbons (Fsp3) is 0.600. The molecule has 2 unspecified atom stereocenters. The van der Waals surface area contributed by atoms with Crippen molar-refractivity contribution in [3.63, 3.8) is 0 Å². The van der Waals surface area contributed by atoms with Crippen LogP contribution >= 0.6 is 0 Å². The van der Waals surface area contributed by atoms with Crippen molar-refractivity contribution in [3.05, 3.63) is 29.8 Å². The molecule has 1 aliphatic carbocycles. The molecule has 2 fully saturated rings. The van der Waals surface area contributed by atoms with Gasteiger partial charge in [0.1, 0.15) is 5.54 Å². The third kappa shape index (κ3) is 3.12. The summed E-state index contributed by atoms with van der Waals surface area (Å²) in [6.45, 7) is 7.68. The van der Waals surface area contributed by atoms with Crippen molar-refractivity contribution >= 4 is 17.5 Å². The van der Waals surface area contributed by atoms with Crippen molar-refractivity contribution in [2.75, 3.05) is 18.1 Å². The van der Waals surface area contributed by atoms with Crippen LogP contribution in [0.2, 0.25) is 0 Å². The van der Waals surface area contributed by atoms with E-state index < -0.39 is 11.0 Å². The van der Waals surface area contributed by atoms with Crippen molar-refractivity contribution in [2.45, 2.75) is 58.2 Å². The fourth-order valence-electron chi connectivity index (χ4n) is 3.92. The molecule has 2 amide bonds. The Bertz CT molecular complexity index is 703. The van der Waals surface area contributed by atoms with E-state index in [-0.39, 0.29) is 17.9 Å². The first-order valence-electron chi connectivity index (χ1n) is 9.37. The number of hydrogen-bond donors (Lipinski definition) is 2. The van der Waals surface area contributed by atoms with E-state index in [1.807, 2.05) is 45.0 Å². The normalized spacial score (nSPS) is 27.3. The van der Waals surface area contributed by atoms with Crippen LogP contribution in [0, 0.1) is 5.41 Å². The van der Waals surface area contributed by atoms with Crippen molar-refractivity contribution in [2.24, 2.45) is 11.1 Å². The van der Waals surface area contributed by atoms with Crippen molar-refractivity contribution in [1.82, 2.24) is 5.32 Å². The van der Waals surface area contributed by atoms with Gasteiger partial charge in [-0.2, -0.15) is 0 Å². The molecule has 6 heteroatoms. The lowest BCUT2D eigenvalue weighted by atomic mass is 9.54. The average Bonchev–Trinajstić information content (AvgIpc) is 3.05. The number of benzene rings is 1. The molecule has 1 aromatic rings. The van der Waals surface area contributed by atoms with E-state index in [9.17, 15) is 9.59 Å². The molecule has 6 nitrogen and oxygen atoms in total. The van der Waals surface area contributed by atoms with E-state index in [1.54, 1.807) is 4.90 Å². The van der Waals surface area contributed by atoms with E-state index in [0.29, 0.717) is 26.0 Å². The van der Waals surface area contributed by atoms with Crippen LogP contribution in [0.15, 0.2) is 24.3 Å². The van der Waals surface area contributed by atoms with Crippen molar-refractivity contribution in [1.29, 1.82) is 0 Å². The molecule has 3 rings (SSSR count). The minimum Gasteiger partial charge on any atom is -0.378 e. The Morgan fingerprint density at radius 3 is 2.81 bits per heavy atom. The lowest BCUT2D eigenvalue weighted by Gasteiger charge is -2.57. The first-order valence-corrected chi connectivity index (χ1v) is 9.37. The van der Waals surface area contributed by atoms with Crippen LogP contribution in [0.5, 0.6) is 0 Å². The zero-order valence-electron chi connectivity index (χ0n) is 15.9. The molecular weight excluding hydrogens is 330 g/mol. The number of rotatable bonds is 6. The predicted molar refractivity (Wildman–Crippen MR) is 101 cm³/mol. The number of nitrogens with zero attached hydrogens (tertiary/aromatic N) is 1. The van der Waals surface area contributed by atoms with Gasteiger partial charge in [-0.25, -0.2) is 0 Å². The number of hydrogen-bond acceptors (Lipinski definition) is 4. The second-order valence-corrected chi connectivity index (χ2v) is 7.84. The zero-order valence-corrected chi connectivity index (χ0v) is 15.9. The summed E-state index contributed by atoms with van der Waals surface area (Å²) in [5.41, 5.74) is 6.93. The number of nitrogens with one attached hydrogen (secondary N) is 1.